The number of methoxy groups -OCH3 is 1. The lowest BCUT2D eigenvalue weighted by Crippen LogP contribution is -2.14. The Balaban J connectivity index is 1.68. The van der Waals surface area contributed by atoms with Gasteiger partial charge in [0.1, 0.15) is 46.0 Å². The summed E-state index contributed by atoms with van der Waals surface area (Å²) in [5, 5.41) is 9.01. The van der Waals surface area contributed by atoms with Crippen LogP contribution in [0.25, 0.3) is 33.3 Å². The fraction of sp³-hybridized carbons (Fsp3) is 0.348. The maximum absolute atomic E-state index is 6.21. The van der Waals surface area contributed by atoms with E-state index in [1.54, 1.807) is 14.2 Å². The minimum Gasteiger partial charge on any atom is -0.494 e. The van der Waals surface area contributed by atoms with Gasteiger partial charge in [0.15, 0.2) is 0 Å². The number of aromatic nitrogens is 5. The Morgan fingerprint density at radius 3 is 2.67 bits per heavy atom. The molecule has 5 rings (SSSR count). The van der Waals surface area contributed by atoms with Gasteiger partial charge in [0.25, 0.3) is 0 Å². The van der Waals surface area contributed by atoms with Gasteiger partial charge < -0.3 is 25.3 Å². The lowest BCUT2D eigenvalue weighted by Gasteiger charge is -2.10. The van der Waals surface area contributed by atoms with Crippen molar-refractivity contribution < 1.29 is 9.26 Å². The highest BCUT2D eigenvalue weighted by atomic mass is 16.5. The quantitative estimate of drug-likeness (QED) is 0.311. The molecular formula is C23H26N8O2. The van der Waals surface area contributed by atoms with Crippen LogP contribution in [-0.4, -0.2) is 45.1 Å². The molecule has 0 unspecified atom stereocenters. The Kier molecular flexibility index (Phi) is 4.99. The molecule has 10 nitrogen and oxygen atoms in total. The van der Waals surface area contributed by atoms with Gasteiger partial charge in [-0.1, -0.05) is 5.16 Å². The molecule has 0 amide bonds. The Morgan fingerprint density at radius 2 is 2.03 bits per heavy atom. The molecule has 170 valence electrons. The average molecular weight is 447 g/mol. The highest BCUT2D eigenvalue weighted by molar-refractivity contribution is 6.15. The molecule has 4 N–H and O–H groups in total. The van der Waals surface area contributed by atoms with Crippen molar-refractivity contribution >= 4 is 33.7 Å². The number of nitrogens with zero attached hydrogens (tertiary/aromatic N) is 5. The van der Waals surface area contributed by atoms with E-state index in [1.165, 1.54) is 0 Å². The summed E-state index contributed by atoms with van der Waals surface area (Å²) in [7, 11) is 3.34. The molecule has 1 saturated carbocycles. The second-order valence-corrected chi connectivity index (χ2v) is 8.26. The van der Waals surface area contributed by atoms with E-state index in [2.05, 4.69) is 30.4 Å². The summed E-state index contributed by atoms with van der Waals surface area (Å²) in [5.74, 6) is 3.60. The Bertz CT molecular complexity index is 1420. The first-order valence-corrected chi connectivity index (χ1v) is 10.8. The monoisotopic (exact) mass is 446 g/mol. The van der Waals surface area contributed by atoms with Crippen LogP contribution in [0.2, 0.25) is 0 Å². The molecule has 4 aromatic heterocycles. The van der Waals surface area contributed by atoms with Crippen LogP contribution in [-0.2, 0) is 0 Å². The van der Waals surface area contributed by atoms with Crippen molar-refractivity contribution in [1.82, 2.24) is 25.1 Å². The molecule has 10 heteroatoms. The summed E-state index contributed by atoms with van der Waals surface area (Å²) in [6, 6.07) is 1.93. The number of rotatable bonds is 5. The van der Waals surface area contributed by atoms with Crippen LogP contribution < -0.4 is 15.8 Å². The minimum absolute atomic E-state index is 0.444. The molecule has 0 aliphatic heterocycles. The van der Waals surface area contributed by atoms with E-state index < -0.39 is 0 Å². The topological polar surface area (TPSA) is 140 Å². The molecule has 0 saturated heterocycles. The molecule has 33 heavy (non-hydrogen) atoms. The number of pyridine rings is 1. The molecule has 0 spiro atoms. The van der Waals surface area contributed by atoms with Crippen molar-refractivity contribution in [3.63, 3.8) is 0 Å². The second kappa shape index (κ2) is 7.88. The zero-order chi connectivity index (χ0) is 23.3. The first kappa shape index (κ1) is 20.9. The third-order valence-corrected chi connectivity index (χ3v) is 5.84. The number of ether oxygens (including phenoxy) is 1. The van der Waals surface area contributed by atoms with Crippen molar-refractivity contribution in [3.8, 4) is 17.0 Å². The SMILES string of the molecule is CN=C(C=C(N)C1CC1)Nc1nc(C)nc2[nH]c3nc(-c4c(C)noc4C)c(OC)cc3c12. The predicted molar refractivity (Wildman–Crippen MR) is 127 cm³/mol. The smallest absolute Gasteiger partial charge is 0.146 e. The minimum atomic E-state index is 0.444. The summed E-state index contributed by atoms with van der Waals surface area (Å²) in [6.07, 6.45) is 4.12. The molecule has 0 aromatic carbocycles. The van der Waals surface area contributed by atoms with Gasteiger partial charge in [0.2, 0.25) is 0 Å². The number of aryl methyl sites for hydroxylation is 3. The van der Waals surface area contributed by atoms with Crippen molar-refractivity contribution in [2.75, 3.05) is 19.5 Å². The van der Waals surface area contributed by atoms with E-state index in [-0.39, 0.29) is 0 Å². The van der Waals surface area contributed by atoms with Crippen LogP contribution in [0.4, 0.5) is 5.82 Å². The molecule has 4 heterocycles. The zero-order valence-electron chi connectivity index (χ0n) is 19.3. The molecule has 1 aliphatic carbocycles. The van der Waals surface area contributed by atoms with Crippen LogP contribution in [0, 0.1) is 26.7 Å². The molecule has 0 radical (unpaired) electrons. The number of nitrogens with one attached hydrogen (secondary N) is 2. The van der Waals surface area contributed by atoms with Crippen molar-refractivity contribution in [2.24, 2.45) is 16.6 Å². The summed E-state index contributed by atoms with van der Waals surface area (Å²) < 4.78 is 11.0. The van der Waals surface area contributed by atoms with Gasteiger partial charge in [-0.05, 0) is 51.7 Å². The molecule has 4 aromatic rings. The molecule has 1 aliphatic rings. The van der Waals surface area contributed by atoms with Crippen LogP contribution in [0.5, 0.6) is 5.75 Å². The van der Waals surface area contributed by atoms with Gasteiger partial charge >= 0.3 is 0 Å². The van der Waals surface area contributed by atoms with Crippen LogP contribution in [0.15, 0.2) is 27.4 Å². The van der Waals surface area contributed by atoms with E-state index in [4.69, 9.17) is 20.0 Å². The lowest BCUT2D eigenvalue weighted by molar-refractivity contribution is 0.393. The van der Waals surface area contributed by atoms with Crippen molar-refractivity contribution in [2.45, 2.75) is 33.6 Å². The Hall–Kier alpha value is -3.95. The summed E-state index contributed by atoms with van der Waals surface area (Å²) >= 11 is 0. The van der Waals surface area contributed by atoms with Crippen LogP contribution >= 0.6 is 0 Å². The van der Waals surface area contributed by atoms with Crippen LogP contribution in [0.3, 0.4) is 0 Å². The number of H-pyrrole nitrogens is 1. The number of hydrogen-bond donors (Lipinski definition) is 3. The highest BCUT2D eigenvalue weighted by Gasteiger charge is 2.25. The first-order valence-electron chi connectivity index (χ1n) is 10.8. The fourth-order valence-electron chi connectivity index (χ4n) is 4.03. The molecule has 1 fully saturated rings. The van der Waals surface area contributed by atoms with E-state index >= 15 is 0 Å². The van der Waals surface area contributed by atoms with E-state index in [9.17, 15) is 0 Å². The summed E-state index contributed by atoms with van der Waals surface area (Å²) in [4.78, 5) is 21.8. The largest absolute Gasteiger partial charge is 0.494 e. The number of anilines is 1. The summed E-state index contributed by atoms with van der Waals surface area (Å²) in [6.45, 7) is 5.58. The average Bonchev–Trinajstić information content (AvgIpc) is 3.51. The lowest BCUT2D eigenvalue weighted by atomic mass is 10.1. The molecular weight excluding hydrogens is 420 g/mol. The Labute approximate surface area is 190 Å². The molecule has 0 bridgehead atoms. The number of amidine groups is 1. The summed E-state index contributed by atoms with van der Waals surface area (Å²) in [5.41, 5.74) is 10.6. The standard InChI is InChI=1S/C23H26N8O2/c1-10-18(11(2)33-31-10)20-16(32-5)8-14-19-22(26-12(3)27-23(19)30-21(14)29-20)28-17(25-4)9-15(24)13-6-7-13/h8-9,13H,6-7,24H2,1-5H3,(H2,25,26,27,28,29,30). The van der Waals surface area contributed by atoms with E-state index in [0.29, 0.717) is 51.9 Å². The first-order chi connectivity index (χ1) is 15.9. The van der Waals surface area contributed by atoms with Gasteiger partial charge in [-0.3, -0.25) is 4.99 Å². The van der Waals surface area contributed by atoms with Crippen molar-refractivity contribution in [1.29, 1.82) is 0 Å². The number of aromatic amines is 1. The number of nitrogens with two attached hydrogens (primary N) is 1. The van der Waals surface area contributed by atoms with Crippen LogP contribution in [0.1, 0.15) is 30.1 Å². The fourth-order valence-corrected chi connectivity index (χ4v) is 4.03. The van der Waals surface area contributed by atoms with Gasteiger partial charge in [-0.2, -0.15) is 0 Å². The third kappa shape index (κ3) is 3.67. The number of allylic oxidation sites excluding steroid dienone is 1. The van der Waals surface area contributed by atoms with Gasteiger partial charge in [-0.25, -0.2) is 15.0 Å². The number of hydrogen-bond acceptors (Lipinski definition) is 8. The normalized spacial score (nSPS) is 14.9. The maximum atomic E-state index is 6.21. The third-order valence-electron chi connectivity index (χ3n) is 5.84. The number of aliphatic imine (C=N–C) groups is 1. The number of fused-ring (bicyclic) bond motifs is 3. The van der Waals surface area contributed by atoms with Gasteiger partial charge in [0.05, 0.1) is 23.8 Å². The van der Waals surface area contributed by atoms with Crippen molar-refractivity contribution in [3.05, 3.63) is 35.1 Å². The second-order valence-electron chi connectivity index (χ2n) is 8.26. The predicted octanol–water partition coefficient (Wildman–Crippen LogP) is 3.79. The highest BCUT2D eigenvalue weighted by Crippen LogP contribution is 2.38. The zero-order valence-corrected chi connectivity index (χ0v) is 19.3. The maximum Gasteiger partial charge on any atom is 0.146 e. The van der Waals surface area contributed by atoms with Gasteiger partial charge in [0, 0.05) is 18.1 Å². The van der Waals surface area contributed by atoms with Gasteiger partial charge in [-0.15, -0.1) is 0 Å². The Morgan fingerprint density at radius 1 is 1.24 bits per heavy atom. The van der Waals surface area contributed by atoms with E-state index in [0.717, 1.165) is 40.6 Å². The molecule has 0 atom stereocenters. The van der Waals surface area contributed by atoms with E-state index in [1.807, 2.05) is 32.9 Å².